The van der Waals surface area contributed by atoms with E-state index in [1.165, 1.54) is 38.5 Å². The topological polar surface area (TPSA) is 66.8 Å². The van der Waals surface area contributed by atoms with Crippen molar-refractivity contribution in [3.8, 4) is 0 Å². The van der Waals surface area contributed by atoms with Crippen LogP contribution in [-0.2, 0) is 9.53 Å². The lowest BCUT2D eigenvalue weighted by atomic mass is 9.44. The van der Waals surface area contributed by atoms with E-state index in [0.717, 1.165) is 30.6 Å². The number of rotatable bonds is 3. The summed E-state index contributed by atoms with van der Waals surface area (Å²) in [4.78, 5) is 11.1. The Morgan fingerprint density at radius 2 is 1.79 bits per heavy atom. The Morgan fingerprint density at radius 1 is 1.03 bits per heavy atom. The minimum absolute atomic E-state index is 0.0682. The third kappa shape index (κ3) is 2.95. The Balaban J connectivity index is 1.35. The van der Waals surface area contributed by atoms with Crippen LogP contribution < -0.4 is 0 Å². The number of carbonyl (C=O) groups is 1. The molecule has 11 atom stereocenters. The van der Waals surface area contributed by atoms with Gasteiger partial charge < -0.3 is 14.9 Å². The van der Waals surface area contributed by atoms with Gasteiger partial charge in [0.1, 0.15) is 0 Å². The normalized spacial score (nSPS) is 56.2. The van der Waals surface area contributed by atoms with Crippen molar-refractivity contribution in [2.24, 2.45) is 46.3 Å². The maximum atomic E-state index is 11.1. The number of aliphatic hydroxyl groups is 1. The average molecular weight is 405 g/mol. The van der Waals surface area contributed by atoms with Gasteiger partial charge in [-0.15, -0.1) is 0 Å². The van der Waals surface area contributed by atoms with E-state index in [4.69, 9.17) is 9.84 Å². The lowest BCUT2D eigenvalue weighted by Crippen LogP contribution is -2.54. The molecule has 4 aliphatic carbocycles. The first kappa shape index (κ1) is 20.3. The molecule has 29 heavy (non-hydrogen) atoms. The molecule has 5 rings (SSSR count). The summed E-state index contributed by atoms with van der Waals surface area (Å²) < 4.78 is 6.53. The zero-order valence-electron chi connectivity index (χ0n) is 18.5. The second-order valence-electron chi connectivity index (χ2n) is 11.9. The monoisotopic (exact) mass is 404 g/mol. The van der Waals surface area contributed by atoms with Crippen molar-refractivity contribution in [1.29, 1.82) is 0 Å². The van der Waals surface area contributed by atoms with E-state index < -0.39 is 5.97 Å². The zero-order chi connectivity index (χ0) is 20.6. The quantitative estimate of drug-likeness (QED) is 0.703. The molecule has 0 unspecified atom stereocenters. The van der Waals surface area contributed by atoms with E-state index in [9.17, 15) is 9.90 Å². The Morgan fingerprint density at radius 3 is 2.55 bits per heavy atom. The first-order chi connectivity index (χ1) is 13.7. The lowest BCUT2D eigenvalue weighted by Gasteiger charge is -2.61. The summed E-state index contributed by atoms with van der Waals surface area (Å²) in [6, 6.07) is 0. The van der Waals surface area contributed by atoms with E-state index in [1.807, 2.05) is 0 Å². The van der Waals surface area contributed by atoms with Crippen LogP contribution in [0.2, 0.25) is 0 Å². The predicted molar refractivity (Wildman–Crippen MR) is 111 cm³/mol. The number of carboxylic acid groups (broad SMARTS) is 1. The SMILES string of the molecule is C[C@@H]1[C@H]2[C@H](C[C@H]3[C@@H]4CC[C@H]5C[C@@H](O)CC[C@]5(C)[C@H]4CC[C@]23C)O[C@@H]1CCC(=O)O. The third-order valence-corrected chi connectivity index (χ3v) is 10.9. The van der Waals surface area contributed by atoms with Crippen molar-refractivity contribution < 1.29 is 19.7 Å². The summed E-state index contributed by atoms with van der Waals surface area (Å²) in [5, 5.41) is 19.3. The summed E-state index contributed by atoms with van der Waals surface area (Å²) in [5.41, 5.74) is 0.790. The molecule has 1 aliphatic heterocycles. The van der Waals surface area contributed by atoms with Gasteiger partial charge in [0, 0.05) is 6.42 Å². The molecule has 5 fully saturated rings. The van der Waals surface area contributed by atoms with Gasteiger partial charge in [0.15, 0.2) is 0 Å². The molecule has 164 valence electrons. The minimum atomic E-state index is -0.704. The molecule has 4 nitrogen and oxygen atoms in total. The molecule has 0 bridgehead atoms. The Labute approximate surface area is 175 Å². The molecule has 0 aromatic carbocycles. The number of ether oxygens (including phenoxy) is 1. The van der Waals surface area contributed by atoms with Crippen LogP contribution in [-0.4, -0.2) is 34.5 Å². The standard InChI is InChI=1S/C25H40O4/c1-14-20(6-7-22(27)28)29-21-13-19-17-5-4-15-12-16(26)8-10-24(15,2)18(17)9-11-25(19,3)23(14)21/h14-21,23,26H,4-13H2,1-3H3,(H,27,28)/t14-,15-,16-,17+,18-,19-,20+,21-,23-,24-,25-/m0/s1. The van der Waals surface area contributed by atoms with Gasteiger partial charge in [-0.1, -0.05) is 20.8 Å². The van der Waals surface area contributed by atoms with Gasteiger partial charge in [-0.05, 0) is 104 Å². The van der Waals surface area contributed by atoms with E-state index in [2.05, 4.69) is 20.8 Å². The van der Waals surface area contributed by atoms with Crippen LogP contribution in [0.5, 0.6) is 0 Å². The van der Waals surface area contributed by atoms with Crippen molar-refractivity contribution in [2.75, 3.05) is 0 Å². The first-order valence-corrected chi connectivity index (χ1v) is 12.3. The zero-order valence-corrected chi connectivity index (χ0v) is 18.5. The molecule has 0 spiro atoms. The van der Waals surface area contributed by atoms with Crippen LogP contribution in [0.15, 0.2) is 0 Å². The fourth-order valence-electron chi connectivity index (χ4n) is 9.52. The molecule has 0 aromatic rings. The molecule has 0 amide bonds. The molecule has 2 N–H and O–H groups in total. The van der Waals surface area contributed by atoms with E-state index >= 15 is 0 Å². The highest BCUT2D eigenvalue weighted by Crippen LogP contribution is 2.70. The Hall–Kier alpha value is -0.610. The third-order valence-electron chi connectivity index (χ3n) is 10.9. The largest absolute Gasteiger partial charge is 0.481 e. The number of aliphatic hydroxyl groups excluding tert-OH is 1. The summed E-state index contributed by atoms with van der Waals surface area (Å²) in [5.74, 6) is 3.50. The number of hydrogen-bond acceptors (Lipinski definition) is 3. The second-order valence-corrected chi connectivity index (χ2v) is 11.9. The van der Waals surface area contributed by atoms with Crippen molar-refractivity contribution in [1.82, 2.24) is 0 Å². The van der Waals surface area contributed by atoms with Gasteiger partial charge in [-0.2, -0.15) is 0 Å². The highest BCUT2D eigenvalue weighted by Gasteiger charge is 2.65. The average Bonchev–Trinajstić information content (AvgIpc) is 3.14. The fraction of sp³-hybridized carbons (Fsp3) is 0.960. The molecule has 0 aromatic heterocycles. The maximum absolute atomic E-state index is 11.1. The molecule has 0 radical (unpaired) electrons. The fourth-order valence-corrected chi connectivity index (χ4v) is 9.52. The van der Waals surface area contributed by atoms with Crippen LogP contribution >= 0.6 is 0 Å². The van der Waals surface area contributed by atoms with Gasteiger partial charge in [0.25, 0.3) is 0 Å². The van der Waals surface area contributed by atoms with E-state index in [-0.39, 0.29) is 18.6 Å². The lowest BCUT2D eigenvalue weighted by molar-refractivity contribution is -0.138. The van der Waals surface area contributed by atoms with Gasteiger partial charge in [-0.3, -0.25) is 4.79 Å². The summed E-state index contributed by atoms with van der Waals surface area (Å²) in [6.07, 6.45) is 11.0. The van der Waals surface area contributed by atoms with Crippen LogP contribution in [0.1, 0.15) is 85.0 Å². The number of fused-ring (bicyclic) bond motifs is 7. The molecular formula is C25H40O4. The van der Waals surface area contributed by atoms with Crippen molar-refractivity contribution >= 4 is 5.97 Å². The molecule has 4 saturated carbocycles. The molecule has 4 heteroatoms. The smallest absolute Gasteiger partial charge is 0.303 e. The molecule has 1 heterocycles. The number of hydrogen-bond donors (Lipinski definition) is 2. The summed E-state index contributed by atoms with van der Waals surface area (Å²) in [6.45, 7) is 7.44. The number of aliphatic carboxylic acids is 1. The number of carboxylic acids is 1. The molecule has 1 saturated heterocycles. The van der Waals surface area contributed by atoms with Crippen LogP contribution in [0, 0.1) is 46.3 Å². The van der Waals surface area contributed by atoms with Crippen molar-refractivity contribution in [3.05, 3.63) is 0 Å². The van der Waals surface area contributed by atoms with Gasteiger partial charge in [-0.25, -0.2) is 0 Å². The van der Waals surface area contributed by atoms with Gasteiger partial charge in [0.2, 0.25) is 0 Å². The summed E-state index contributed by atoms with van der Waals surface area (Å²) in [7, 11) is 0. The predicted octanol–water partition coefficient (Wildman–Crippen LogP) is 4.88. The maximum Gasteiger partial charge on any atom is 0.303 e. The Bertz CT molecular complexity index is 663. The van der Waals surface area contributed by atoms with Crippen LogP contribution in [0.4, 0.5) is 0 Å². The van der Waals surface area contributed by atoms with Crippen molar-refractivity contribution in [3.63, 3.8) is 0 Å². The Kier molecular flexibility index (Phi) is 4.87. The van der Waals surface area contributed by atoms with Crippen LogP contribution in [0.25, 0.3) is 0 Å². The first-order valence-electron chi connectivity index (χ1n) is 12.3. The second kappa shape index (κ2) is 6.95. The highest BCUT2D eigenvalue weighted by atomic mass is 16.5. The molecular weight excluding hydrogens is 364 g/mol. The summed E-state index contributed by atoms with van der Waals surface area (Å²) >= 11 is 0. The van der Waals surface area contributed by atoms with E-state index in [0.29, 0.717) is 41.1 Å². The van der Waals surface area contributed by atoms with Gasteiger partial charge >= 0.3 is 5.97 Å². The van der Waals surface area contributed by atoms with Crippen molar-refractivity contribution in [2.45, 2.75) is 103 Å². The van der Waals surface area contributed by atoms with Crippen LogP contribution in [0.3, 0.4) is 0 Å². The van der Waals surface area contributed by atoms with Gasteiger partial charge in [0.05, 0.1) is 18.3 Å². The highest BCUT2D eigenvalue weighted by molar-refractivity contribution is 5.66. The minimum Gasteiger partial charge on any atom is -0.481 e. The molecule has 5 aliphatic rings. The van der Waals surface area contributed by atoms with E-state index in [1.54, 1.807) is 0 Å².